The van der Waals surface area contributed by atoms with Crippen LogP contribution in [0.4, 0.5) is 0 Å². The Morgan fingerprint density at radius 1 is 0.615 bits per heavy atom. The summed E-state index contributed by atoms with van der Waals surface area (Å²) in [5.74, 6) is 2.34. The largest absolute Gasteiger partial charge is 0.504 e. The van der Waals surface area contributed by atoms with E-state index in [1.165, 1.54) is 0 Å². The standard InChI is InChI=1S/C34H36N2O3/c1-20-15-17-22-11-9-13-26(29(22)35-20)38-31-24(33(3,4)5)19-25(37)32(28(31)34(6,7)8)39-27-14-10-12-23-18-16-21(2)36-30(23)27/h9-19,37H,1-8H3. The summed E-state index contributed by atoms with van der Waals surface area (Å²) in [4.78, 5) is 9.53. The fourth-order valence-corrected chi connectivity index (χ4v) is 4.90. The molecule has 0 bridgehead atoms. The number of rotatable bonds is 4. The molecule has 5 heteroatoms. The molecule has 0 atom stereocenters. The molecule has 200 valence electrons. The first-order valence-corrected chi connectivity index (χ1v) is 13.3. The number of hydrogen-bond acceptors (Lipinski definition) is 5. The number of benzene rings is 3. The molecule has 0 fully saturated rings. The van der Waals surface area contributed by atoms with Crippen LogP contribution in [0.25, 0.3) is 21.8 Å². The summed E-state index contributed by atoms with van der Waals surface area (Å²) in [7, 11) is 0. The van der Waals surface area contributed by atoms with Crippen molar-refractivity contribution in [1.82, 2.24) is 9.97 Å². The van der Waals surface area contributed by atoms with E-state index < -0.39 is 5.41 Å². The van der Waals surface area contributed by atoms with Gasteiger partial charge >= 0.3 is 0 Å². The topological polar surface area (TPSA) is 64.5 Å². The predicted molar refractivity (Wildman–Crippen MR) is 159 cm³/mol. The number of pyridine rings is 2. The van der Waals surface area contributed by atoms with Gasteiger partial charge < -0.3 is 14.6 Å². The summed E-state index contributed by atoms with van der Waals surface area (Å²) in [6.07, 6.45) is 0. The van der Waals surface area contributed by atoms with Gasteiger partial charge in [-0.25, -0.2) is 9.97 Å². The molecule has 0 spiro atoms. The number of aromatic hydroxyl groups is 1. The van der Waals surface area contributed by atoms with Gasteiger partial charge in [0.05, 0.1) is 0 Å². The molecule has 5 rings (SSSR count). The molecule has 0 aliphatic carbocycles. The lowest BCUT2D eigenvalue weighted by Gasteiger charge is -2.32. The normalized spacial score (nSPS) is 12.2. The Balaban J connectivity index is 1.78. The van der Waals surface area contributed by atoms with Crippen molar-refractivity contribution >= 4 is 21.8 Å². The van der Waals surface area contributed by atoms with E-state index >= 15 is 0 Å². The summed E-state index contributed by atoms with van der Waals surface area (Å²) in [5, 5.41) is 13.4. The van der Waals surface area contributed by atoms with Gasteiger partial charge in [0.1, 0.15) is 16.8 Å². The molecule has 0 unspecified atom stereocenters. The van der Waals surface area contributed by atoms with E-state index in [1.807, 2.05) is 68.4 Å². The molecule has 0 aliphatic rings. The number of nitrogens with zero attached hydrogens (tertiary/aromatic N) is 2. The number of para-hydroxylation sites is 2. The van der Waals surface area contributed by atoms with Crippen LogP contribution in [0.5, 0.6) is 28.7 Å². The molecule has 0 amide bonds. The SMILES string of the molecule is Cc1ccc2cccc(Oc3c(O)cc(C(C)(C)C)c(Oc4cccc5ccc(C)nc45)c3C(C)(C)C)c2n1. The van der Waals surface area contributed by atoms with Crippen LogP contribution in [0.1, 0.15) is 64.1 Å². The maximum Gasteiger partial charge on any atom is 0.176 e. The molecule has 0 saturated heterocycles. The molecular formula is C34H36N2O3. The van der Waals surface area contributed by atoms with Crippen molar-refractivity contribution in [3.05, 3.63) is 89.2 Å². The van der Waals surface area contributed by atoms with Gasteiger partial charge in [0, 0.05) is 33.3 Å². The maximum atomic E-state index is 11.5. The number of aryl methyl sites for hydroxylation is 2. The van der Waals surface area contributed by atoms with Crippen molar-refractivity contribution in [1.29, 1.82) is 0 Å². The highest BCUT2D eigenvalue weighted by Gasteiger charge is 2.34. The van der Waals surface area contributed by atoms with Gasteiger partial charge in [0.2, 0.25) is 0 Å². The summed E-state index contributed by atoms with van der Waals surface area (Å²) >= 11 is 0. The average molecular weight is 521 g/mol. The second kappa shape index (κ2) is 9.57. The van der Waals surface area contributed by atoms with Gasteiger partial charge in [0.25, 0.3) is 0 Å². The van der Waals surface area contributed by atoms with Crippen LogP contribution in [-0.2, 0) is 10.8 Å². The molecule has 5 aromatic rings. The van der Waals surface area contributed by atoms with Crippen LogP contribution in [0.3, 0.4) is 0 Å². The molecule has 39 heavy (non-hydrogen) atoms. The first-order chi connectivity index (χ1) is 18.3. The maximum absolute atomic E-state index is 11.5. The second-order valence-corrected chi connectivity index (χ2v) is 12.2. The first-order valence-electron chi connectivity index (χ1n) is 13.3. The Hall–Kier alpha value is -4.12. The van der Waals surface area contributed by atoms with Crippen molar-refractivity contribution in [3.8, 4) is 28.7 Å². The molecule has 0 radical (unpaired) electrons. The molecular weight excluding hydrogens is 484 g/mol. The van der Waals surface area contributed by atoms with Crippen molar-refractivity contribution in [2.24, 2.45) is 0 Å². The lowest BCUT2D eigenvalue weighted by molar-refractivity contribution is 0.377. The van der Waals surface area contributed by atoms with Crippen LogP contribution in [0, 0.1) is 13.8 Å². The molecule has 2 heterocycles. The number of phenols is 1. The van der Waals surface area contributed by atoms with E-state index in [1.54, 1.807) is 6.07 Å². The number of hydrogen-bond donors (Lipinski definition) is 1. The molecule has 3 aromatic carbocycles. The number of ether oxygens (including phenoxy) is 2. The Bertz CT molecular complexity index is 1710. The minimum atomic E-state index is -0.439. The third-order valence-electron chi connectivity index (χ3n) is 6.84. The van der Waals surface area contributed by atoms with Crippen LogP contribution >= 0.6 is 0 Å². The number of aromatic nitrogens is 2. The fourth-order valence-electron chi connectivity index (χ4n) is 4.90. The highest BCUT2D eigenvalue weighted by molar-refractivity contribution is 5.86. The van der Waals surface area contributed by atoms with Gasteiger partial charge in [-0.05, 0) is 55.0 Å². The zero-order valence-corrected chi connectivity index (χ0v) is 24.0. The van der Waals surface area contributed by atoms with E-state index in [9.17, 15) is 5.11 Å². The van der Waals surface area contributed by atoms with E-state index in [2.05, 4.69) is 47.6 Å². The molecule has 0 saturated carbocycles. The van der Waals surface area contributed by atoms with E-state index in [0.717, 1.165) is 44.3 Å². The van der Waals surface area contributed by atoms with Crippen molar-refractivity contribution in [2.75, 3.05) is 0 Å². The van der Waals surface area contributed by atoms with E-state index in [4.69, 9.17) is 19.4 Å². The Morgan fingerprint density at radius 2 is 1.10 bits per heavy atom. The highest BCUT2D eigenvalue weighted by atomic mass is 16.5. The van der Waals surface area contributed by atoms with Gasteiger partial charge in [-0.1, -0.05) is 77.9 Å². The van der Waals surface area contributed by atoms with Gasteiger partial charge in [0.15, 0.2) is 23.0 Å². The fraction of sp³-hybridized carbons (Fsp3) is 0.294. The Morgan fingerprint density at radius 3 is 1.56 bits per heavy atom. The number of fused-ring (bicyclic) bond motifs is 2. The minimum Gasteiger partial charge on any atom is -0.504 e. The Kier molecular flexibility index (Phi) is 6.50. The van der Waals surface area contributed by atoms with Crippen LogP contribution in [0.15, 0.2) is 66.7 Å². The monoisotopic (exact) mass is 520 g/mol. The van der Waals surface area contributed by atoms with Gasteiger partial charge in [-0.2, -0.15) is 0 Å². The summed E-state index contributed by atoms with van der Waals surface area (Å²) < 4.78 is 13.4. The van der Waals surface area contributed by atoms with Crippen LogP contribution < -0.4 is 9.47 Å². The molecule has 0 aliphatic heterocycles. The number of phenolic OH excluding ortho intramolecular Hbond substituents is 1. The van der Waals surface area contributed by atoms with E-state index in [0.29, 0.717) is 23.0 Å². The van der Waals surface area contributed by atoms with Crippen molar-refractivity contribution in [2.45, 2.75) is 66.2 Å². The third-order valence-corrected chi connectivity index (χ3v) is 6.84. The van der Waals surface area contributed by atoms with Gasteiger partial charge in [-0.3, -0.25) is 0 Å². The van der Waals surface area contributed by atoms with Crippen LogP contribution in [-0.4, -0.2) is 15.1 Å². The van der Waals surface area contributed by atoms with Gasteiger partial charge in [-0.15, -0.1) is 0 Å². The lowest BCUT2D eigenvalue weighted by Crippen LogP contribution is -2.20. The minimum absolute atomic E-state index is 0.0637. The first kappa shape index (κ1) is 26.5. The average Bonchev–Trinajstić information content (AvgIpc) is 2.85. The quantitative estimate of drug-likeness (QED) is 0.256. The van der Waals surface area contributed by atoms with Crippen molar-refractivity contribution in [3.63, 3.8) is 0 Å². The third kappa shape index (κ3) is 5.14. The molecule has 1 N–H and O–H groups in total. The highest BCUT2D eigenvalue weighted by Crippen LogP contribution is 2.52. The summed E-state index contributed by atoms with van der Waals surface area (Å²) in [5.41, 5.74) is 4.25. The molecule has 2 aromatic heterocycles. The zero-order valence-electron chi connectivity index (χ0n) is 24.0. The summed E-state index contributed by atoms with van der Waals surface area (Å²) in [6, 6.07) is 21.6. The summed E-state index contributed by atoms with van der Waals surface area (Å²) in [6.45, 7) is 16.6. The smallest absolute Gasteiger partial charge is 0.176 e. The van der Waals surface area contributed by atoms with E-state index in [-0.39, 0.29) is 11.2 Å². The Labute approximate surface area is 230 Å². The van der Waals surface area contributed by atoms with Crippen molar-refractivity contribution < 1.29 is 14.6 Å². The second-order valence-electron chi connectivity index (χ2n) is 12.2. The lowest BCUT2D eigenvalue weighted by atomic mass is 9.78. The predicted octanol–water partition coefficient (Wildman–Crippen LogP) is 9.29. The van der Waals surface area contributed by atoms with Crippen LogP contribution in [0.2, 0.25) is 0 Å². The zero-order chi connectivity index (χ0) is 28.1. The molecule has 5 nitrogen and oxygen atoms in total.